The smallest absolute Gasteiger partial charge is 0.744 e. The Morgan fingerprint density at radius 1 is 0.880 bits per heavy atom. The summed E-state index contributed by atoms with van der Waals surface area (Å²) in [6, 6.07) is 13.3. The van der Waals surface area contributed by atoms with Crippen molar-refractivity contribution in [1.82, 2.24) is 0 Å². The third kappa shape index (κ3) is 4.17. The molecule has 7 nitrogen and oxygen atoms in total. The maximum atomic E-state index is 11.1. The van der Waals surface area contributed by atoms with Crippen LogP contribution in [0.5, 0.6) is 11.5 Å². The minimum atomic E-state index is -4.68. The topological polar surface area (TPSA) is 122 Å². The van der Waals surface area contributed by atoms with E-state index in [0.717, 1.165) is 23.6 Å². The minimum absolute atomic E-state index is 0. The second-order valence-electron chi connectivity index (χ2n) is 4.96. The number of aromatic hydroxyl groups is 2. The zero-order valence-electron chi connectivity index (χ0n) is 13.1. The van der Waals surface area contributed by atoms with E-state index in [4.69, 9.17) is 0 Å². The van der Waals surface area contributed by atoms with E-state index >= 15 is 0 Å². The van der Waals surface area contributed by atoms with Gasteiger partial charge in [0.05, 0.1) is 4.90 Å². The number of hydrogen-bond acceptors (Lipinski definition) is 7. The van der Waals surface area contributed by atoms with Crippen LogP contribution in [0, 0.1) is 0 Å². The average Bonchev–Trinajstić information content (AvgIpc) is 2.54. The number of phenolic OH excluding ortho intramolecular Hbond substituents is 2. The van der Waals surface area contributed by atoms with E-state index in [1.165, 1.54) is 6.07 Å². The molecule has 0 bridgehead atoms. The third-order valence-electron chi connectivity index (χ3n) is 3.37. The van der Waals surface area contributed by atoms with Gasteiger partial charge < -0.3 is 14.8 Å². The van der Waals surface area contributed by atoms with Crippen LogP contribution in [-0.2, 0) is 10.1 Å². The Bertz CT molecular complexity index is 1070. The Morgan fingerprint density at radius 3 is 2.28 bits per heavy atom. The Kier molecular flexibility index (Phi) is 5.81. The zero-order chi connectivity index (χ0) is 17.3. The molecule has 0 saturated heterocycles. The van der Waals surface area contributed by atoms with E-state index in [-0.39, 0.29) is 52.4 Å². The van der Waals surface area contributed by atoms with Gasteiger partial charge in [-0.1, -0.05) is 30.3 Å². The zero-order valence-corrected chi connectivity index (χ0v) is 15.9. The molecule has 0 aliphatic carbocycles. The monoisotopic (exact) mass is 366 g/mol. The Hall–Kier alpha value is -1.97. The molecule has 3 aromatic rings. The quantitative estimate of drug-likeness (QED) is 0.399. The first-order valence-electron chi connectivity index (χ1n) is 6.77. The standard InChI is InChI=1S/C16H12N2O5S.Na/c19-14-8-6-11(24(21,22)23)9-13(14)17-18-16-12-4-2-1-3-10(12)5-7-15(16)20;/h1-9,19-20H,(H,21,22,23);/q;+1/p-1/b18-17+;. The molecule has 122 valence electrons. The van der Waals surface area contributed by atoms with Crippen LogP contribution in [0.1, 0.15) is 0 Å². The molecular formula is C16H11N2NaO5S. The van der Waals surface area contributed by atoms with Gasteiger partial charge in [0.2, 0.25) is 0 Å². The van der Waals surface area contributed by atoms with Crippen molar-refractivity contribution in [3.05, 3.63) is 54.6 Å². The molecule has 0 amide bonds. The van der Waals surface area contributed by atoms with Gasteiger partial charge in [0.25, 0.3) is 0 Å². The van der Waals surface area contributed by atoms with Crippen LogP contribution >= 0.6 is 0 Å². The number of benzene rings is 3. The van der Waals surface area contributed by atoms with Crippen molar-refractivity contribution in [2.45, 2.75) is 4.90 Å². The number of rotatable bonds is 3. The van der Waals surface area contributed by atoms with Gasteiger partial charge in [-0.3, -0.25) is 0 Å². The largest absolute Gasteiger partial charge is 1.00 e. The Balaban J connectivity index is 0.00000225. The van der Waals surface area contributed by atoms with Gasteiger partial charge in [-0.2, -0.15) is 0 Å². The minimum Gasteiger partial charge on any atom is -0.744 e. The van der Waals surface area contributed by atoms with Crippen LogP contribution in [0.15, 0.2) is 69.7 Å². The van der Waals surface area contributed by atoms with Crippen molar-refractivity contribution < 1.29 is 52.7 Å². The summed E-state index contributed by atoms with van der Waals surface area (Å²) in [6.07, 6.45) is 0. The summed E-state index contributed by atoms with van der Waals surface area (Å²) in [5.41, 5.74) is -0.0258. The SMILES string of the molecule is O=S(=O)([O-])c1ccc(O)c(/N=N/c2c(O)ccc3ccccc23)c1.[Na+]. The molecule has 0 aliphatic rings. The number of hydrogen-bond donors (Lipinski definition) is 2. The van der Waals surface area contributed by atoms with Crippen LogP contribution in [-0.4, -0.2) is 23.2 Å². The molecule has 0 saturated carbocycles. The van der Waals surface area contributed by atoms with E-state index in [1.54, 1.807) is 18.2 Å². The molecule has 0 heterocycles. The van der Waals surface area contributed by atoms with Crippen molar-refractivity contribution in [3.8, 4) is 11.5 Å². The summed E-state index contributed by atoms with van der Waals surface area (Å²) in [7, 11) is -4.68. The fraction of sp³-hybridized carbons (Fsp3) is 0. The first kappa shape index (κ1) is 19.4. The molecule has 0 aromatic heterocycles. The van der Waals surface area contributed by atoms with Gasteiger partial charge in [-0.15, -0.1) is 10.2 Å². The van der Waals surface area contributed by atoms with Crippen molar-refractivity contribution >= 4 is 32.3 Å². The van der Waals surface area contributed by atoms with Crippen molar-refractivity contribution in [3.63, 3.8) is 0 Å². The molecule has 0 radical (unpaired) electrons. The second kappa shape index (κ2) is 7.51. The van der Waals surface area contributed by atoms with Gasteiger partial charge in [-0.05, 0) is 29.7 Å². The normalized spacial score (nSPS) is 11.6. The molecule has 3 rings (SSSR count). The fourth-order valence-corrected chi connectivity index (χ4v) is 2.68. The average molecular weight is 366 g/mol. The van der Waals surface area contributed by atoms with Crippen LogP contribution in [0.25, 0.3) is 10.8 Å². The number of nitrogens with zero attached hydrogens (tertiary/aromatic N) is 2. The molecule has 3 aromatic carbocycles. The Morgan fingerprint density at radius 2 is 1.56 bits per heavy atom. The van der Waals surface area contributed by atoms with Crippen molar-refractivity contribution in [2.75, 3.05) is 0 Å². The van der Waals surface area contributed by atoms with E-state index in [2.05, 4.69) is 10.2 Å². The van der Waals surface area contributed by atoms with E-state index in [1.807, 2.05) is 12.1 Å². The molecule has 2 N–H and O–H groups in total. The summed E-state index contributed by atoms with van der Waals surface area (Å²) in [4.78, 5) is -0.531. The predicted octanol–water partition coefficient (Wildman–Crippen LogP) is 0.575. The third-order valence-corrected chi connectivity index (χ3v) is 4.20. The van der Waals surface area contributed by atoms with Crippen LogP contribution in [0.3, 0.4) is 0 Å². The number of fused-ring (bicyclic) bond motifs is 1. The fourth-order valence-electron chi connectivity index (χ4n) is 2.19. The van der Waals surface area contributed by atoms with Crippen molar-refractivity contribution in [2.24, 2.45) is 10.2 Å². The first-order chi connectivity index (χ1) is 11.4. The number of azo groups is 1. The van der Waals surface area contributed by atoms with Gasteiger partial charge in [0, 0.05) is 5.39 Å². The summed E-state index contributed by atoms with van der Waals surface area (Å²) in [5, 5.41) is 28.9. The molecule has 0 spiro atoms. The van der Waals surface area contributed by atoms with Crippen molar-refractivity contribution in [1.29, 1.82) is 0 Å². The van der Waals surface area contributed by atoms with Gasteiger partial charge in [-0.25, -0.2) is 8.42 Å². The van der Waals surface area contributed by atoms with Crippen LogP contribution in [0.2, 0.25) is 0 Å². The van der Waals surface area contributed by atoms with E-state index < -0.39 is 15.0 Å². The van der Waals surface area contributed by atoms with Gasteiger partial charge in [0.1, 0.15) is 33.0 Å². The summed E-state index contributed by atoms with van der Waals surface area (Å²) in [6.45, 7) is 0. The molecule has 0 aliphatic heterocycles. The van der Waals surface area contributed by atoms with E-state index in [9.17, 15) is 23.2 Å². The van der Waals surface area contributed by atoms with E-state index in [0.29, 0.717) is 5.39 Å². The molecular weight excluding hydrogens is 355 g/mol. The molecule has 0 fully saturated rings. The Labute approximate surface area is 165 Å². The second-order valence-corrected chi connectivity index (χ2v) is 6.34. The van der Waals surface area contributed by atoms with Gasteiger partial charge >= 0.3 is 29.6 Å². The number of phenols is 2. The molecule has 0 atom stereocenters. The molecule has 25 heavy (non-hydrogen) atoms. The maximum absolute atomic E-state index is 11.1. The summed E-state index contributed by atoms with van der Waals surface area (Å²) in [5.74, 6) is -0.463. The predicted molar refractivity (Wildman–Crippen MR) is 85.9 cm³/mol. The van der Waals surface area contributed by atoms with Crippen LogP contribution in [0.4, 0.5) is 11.4 Å². The van der Waals surface area contributed by atoms with Gasteiger partial charge in [0.15, 0.2) is 0 Å². The molecule has 0 unspecified atom stereocenters. The summed E-state index contributed by atoms with van der Waals surface area (Å²) >= 11 is 0. The van der Waals surface area contributed by atoms with Crippen LogP contribution < -0.4 is 29.6 Å². The summed E-state index contributed by atoms with van der Waals surface area (Å²) < 4.78 is 33.2. The first-order valence-corrected chi connectivity index (χ1v) is 8.18. The maximum Gasteiger partial charge on any atom is 1.00 e. The molecule has 9 heteroatoms.